The van der Waals surface area contributed by atoms with Gasteiger partial charge >= 0.3 is 6.18 Å². The third-order valence-electron chi connectivity index (χ3n) is 7.56. The molecule has 0 aliphatic carbocycles. The van der Waals surface area contributed by atoms with E-state index in [1.807, 2.05) is 0 Å². The fourth-order valence-electron chi connectivity index (χ4n) is 5.42. The molecule has 2 aliphatic heterocycles. The highest BCUT2D eigenvalue weighted by Crippen LogP contribution is 2.39. The molecule has 1 fully saturated rings. The minimum atomic E-state index is -4.65. The average molecular weight is 628 g/mol. The van der Waals surface area contributed by atoms with E-state index >= 15 is 0 Å². The molecule has 0 radical (unpaired) electrons. The van der Waals surface area contributed by atoms with Gasteiger partial charge in [0.15, 0.2) is 18.7 Å². The number of halogens is 4. The number of nitrogens with one attached hydrogen (secondary N) is 1. The quantitative estimate of drug-likeness (QED) is 0.298. The van der Waals surface area contributed by atoms with Gasteiger partial charge in [0.2, 0.25) is 5.91 Å². The fourth-order valence-corrected chi connectivity index (χ4v) is 5.71. The predicted molar refractivity (Wildman–Crippen MR) is 153 cm³/mol. The summed E-state index contributed by atoms with van der Waals surface area (Å²) in [7, 11) is 0. The normalized spacial score (nSPS) is 18.4. The van der Waals surface area contributed by atoms with E-state index in [1.54, 1.807) is 27.8 Å². The van der Waals surface area contributed by atoms with Gasteiger partial charge in [-0.2, -0.15) is 18.3 Å². The highest BCUT2D eigenvalue weighted by atomic mass is 35.5. The summed E-state index contributed by atoms with van der Waals surface area (Å²) in [5.74, 6) is -0.220. The van der Waals surface area contributed by atoms with Crippen LogP contribution in [0.15, 0.2) is 55.4 Å². The van der Waals surface area contributed by atoms with Crippen LogP contribution < -0.4 is 15.8 Å². The number of likely N-dealkylation sites (tertiary alicyclic amines) is 1. The molecule has 15 heteroatoms. The van der Waals surface area contributed by atoms with E-state index in [1.165, 1.54) is 12.4 Å². The highest BCUT2D eigenvalue weighted by molar-refractivity contribution is 6.31. The molecule has 2 amide bonds. The van der Waals surface area contributed by atoms with Gasteiger partial charge in [0.1, 0.15) is 23.6 Å². The van der Waals surface area contributed by atoms with E-state index in [-0.39, 0.29) is 30.1 Å². The number of benzene rings is 2. The van der Waals surface area contributed by atoms with Crippen molar-refractivity contribution in [2.45, 2.75) is 31.3 Å². The van der Waals surface area contributed by atoms with Gasteiger partial charge < -0.3 is 25.4 Å². The average Bonchev–Trinajstić information content (AvgIpc) is 3.41. The van der Waals surface area contributed by atoms with Crippen molar-refractivity contribution in [1.29, 1.82) is 0 Å². The maximum absolute atomic E-state index is 13.1. The van der Waals surface area contributed by atoms with Gasteiger partial charge in [-0.1, -0.05) is 30.3 Å². The number of nitrogens with two attached hydrogens (primary N) is 1. The number of aromatic nitrogens is 4. The van der Waals surface area contributed by atoms with Crippen molar-refractivity contribution >= 4 is 40.3 Å². The van der Waals surface area contributed by atoms with Crippen molar-refractivity contribution in [3.63, 3.8) is 0 Å². The Morgan fingerprint density at radius 3 is 2.75 bits per heavy atom. The smallest absolute Gasteiger partial charge is 0.417 e. The van der Waals surface area contributed by atoms with Crippen LogP contribution in [0.2, 0.25) is 5.02 Å². The van der Waals surface area contributed by atoms with Crippen LogP contribution in [-0.4, -0.2) is 56.3 Å². The number of piperidine rings is 1. The molecule has 44 heavy (non-hydrogen) atoms. The van der Waals surface area contributed by atoms with E-state index < -0.39 is 28.9 Å². The number of ether oxygens (including phenoxy) is 2. The van der Waals surface area contributed by atoms with Gasteiger partial charge in [-0.15, -0.1) is 0 Å². The van der Waals surface area contributed by atoms with Crippen molar-refractivity contribution in [3.8, 4) is 17.0 Å². The Kier molecular flexibility index (Phi) is 7.63. The molecule has 2 aliphatic rings. The number of carbonyl (C=O) groups excluding carboxylic acids is 2. The van der Waals surface area contributed by atoms with Gasteiger partial charge in [0.05, 0.1) is 22.0 Å². The van der Waals surface area contributed by atoms with E-state index in [4.69, 9.17) is 31.9 Å². The third-order valence-corrected chi connectivity index (χ3v) is 7.88. The van der Waals surface area contributed by atoms with Crippen molar-refractivity contribution in [2.24, 2.45) is 0 Å². The van der Waals surface area contributed by atoms with Crippen LogP contribution in [0.4, 0.5) is 19.0 Å². The van der Waals surface area contributed by atoms with Crippen LogP contribution in [-0.2, 0) is 15.7 Å². The second-order valence-electron chi connectivity index (χ2n) is 10.3. The molecule has 0 saturated carbocycles. The van der Waals surface area contributed by atoms with Gasteiger partial charge in [-0.05, 0) is 43.2 Å². The Morgan fingerprint density at radius 2 is 2.00 bits per heavy atom. The number of fused-ring (bicyclic) bond motifs is 2. The van der Waals surface area contributed by atoms with Crippen molar-refractivity contribution in [3.05, 3.63) is 77.1 Å². The van der Waals surface area contributed by atoms with Crippen LogP contribution >= 0.6 is 11.6 Å². The van der Waals surface area contributed by atoms with Crippen molar-refractivity contribution in [2.75, 3.05) is 25.6 Å². The second-order valence-corrected chi connectivity index (χ2v) is 10.7. The summed E-state index contributed by atoms with van der Waals surface area (Å²) in [6.45, 7) is 4.44. The first-order valence-corrected chi connectivity index (χ1v) is 13.9. The summed E-state index contributed by atoms with van der Waals surface area (Å²) >= 11 is 5.79. The number of rotatable bonds is 5. The molecule has 1 saturated heterocycles. The molecule has 4 heterocycles. The molecule has 3 N–H and O–H groups in total. The number of carbonyl (C=O) groups is 2. The molecule has 0 bridgehead atoms. The summed E-state index contributed by atoms with van der Waals surface area (Å²) in [5.41, 5.74) is 7.32. The lowest BCUT2D eigenvalue weighted by atomic mass is 10.0. The van der Waals surface area contributed by atoms with Crippen LogP contribution in [0, 0.1) is 0 Å². The Morgan fingerprint density at radius 1 is 1.18 bits per heavy atom. The summed E-state index contributed by atoms with van der Waals surface area (Å²) in [6.07, 6.45) is -1.40. The number of nitrogen functional groups attached to an aromatic ring is 1. The van der Waals surface area contributed by atoms with E-state index in [0.717, 1.165) is 31.0 Å². The maximum atomic E-state index is 13.1. The number of nitrogens with zero attached hydrogens (tertiary/aromatic N) is 5. The molecule has 11 nitrogen and oxygen atoms in total. The fraction of sp³-hybridized carbons (Fsp3) is 0.276. The standard InChI is InChI=1S/C29H25ClF3N7O4/c1-2-22(41)39-9-3-4-17(12-39)40-26-23(25(34)35-13-36-26)24(38-40)15-5-7-18-21(11-15)43-14-44-28(18)37-27(42)16-6-8-19(20(30)10-16)29(31,32)33/h2,5-8,10-11,13,17,28H,1,3-4,9,12,14H2,(H,37,42)(H2,34,35,36)/t17?,28-/m1/s1. The van der Waals surface area contributed by atoms with Crippen molar-refractivity contribution < 1.29 is 32.2 Å². The molecule has 6 rings (SSSR count). The number of anilines is 1. The Balaban J connectivity index is 1.30. The lowest BCUT2D eigenvalue weighted by Gasteiger charge is -2.32. The third kappa shape index (κ3) is 5.42. The van der Waals surface area contributed by atoms with Crippen LogP contribution in [0.3, 0.4) is 0 Å². The van der Waals surface area contributed by atoms with Crippen LogP contribution in [0.5, 0.6) is 5.75 Å². The number of alkyl halides is 3. The summed E-state index contributed by atoms with van der Waals surface area (Å²) < 4.78 is 52.3. The van der Waals surface area contributed by atoms with Gasteiger partial charge in [0, 0.05) is 29.8 Å². The number of amides is 2. The Bertz CT molecular complexity index is 1790. The lowest BCUT2D eigenvalue weighted by Crippen LogP contribution is -2.40. The highest BCUT2D eigenvalue weighted by Gasteiger charge is 2.34. The molecule has 2 atom stereocenters. The summed E-state index contributed by atoms with van der Waals surface area (Å²) in [5, 5.41) is 7.48. The van der Waals surface area contributed by atoms with E-state index in [2.05, 4.69) is 21.9 Å². The second kappa shape index (κ2) is 11.4. The molecule has 0 spiro atoms. The first kappa shape index (κ1) is 29.4. The SMILES string of the molecule is C=CC(=O)N1CCCC(n2nc(-c3ccc4c(c3)OCO[C@H]4NC(=O)c3ccc(C(F)(F)F)c(Cl)c3)c3c(N)ncnc32)C1. The monoisotopic (exact) mass is 627 g/mol. The molecular weight excluding hydrogens is 603 g/mol. The van der Waals surface area contributed by atoms with E-state index in [0.29, 0.717) is 46.7 Å². The van der Waals surface area contributed by atoms with Crippen LogP contribution in [0.25, 0.3) is 22.3 Å². The predicted octanol–water partition coefficient (Wildman–Crippen LogP) is 4.89. The minimum absolute atomic E-state index is 0.0696. The zero-order chi connectivity index (χ0) is 31.2. The largest absolute Gasteiger partial charge is 0.467 e. The molecule has 2 aromatic heterocycles. The van der Waals surface area contributed by atoms with E-state index in [9.17, 15) is 22.8 Å². The lowest BCUT2D eigenvalue weighted by molar-refractivity contribution is -0.137. The maximum Gasteiger partial charge on any atom is 0.417 e. The number of hydrogen-bond acceptors (Lipinski definition) is 8. The molecule has 228 valence electrons. The van der Waals surface area contributed by atoms with Gasteiger partial charge in [-0.3, -0.25) is 9.59 Å². The minimum Gasteiger partial charge on any atom is -0.467 e. The molecule has 2 aromatic carbocycles. The van der Waals surface area contributed by atoms with Gasteiger partial charge in [-0.25, -0.2) is 14.6 Å². The van der Waals surface area contributed by atoms with Crippen LogP contribution in [0.1, 0.15) is 46.6 Å². The molecule has 1 unspecified atom stereocenters. The number of hydrogen-bond donors (Lipinski definition) is 2. The molecular formula is C29H25ClF3N7O4. The Hall–Kier alpha value is -4.69. The summed E-state index contributed by atoms with van der Waals surface area (Å²) in [4.78, 5) is 35.5. The topological polar surface area (TPSA) is 137 Å². The zero-order valence-electron chi connectivity index (χ0n) is 23.0. The first-order chi connectivity index (χ1) is 21.0. The molecule has 4 aromatic rings. The zero-order valence-corrected chi connectivity index (χ0v) is 23.7. The Labute approximate surface area is 253 Å². The first-order valence-electron chi connectivity index (χ1n) is 13.5. The summed E-state index contributed by atoms with van der Waals surface area (Å²) in [6, 6.07) is 7.75. The van der Waals surface area contributed by atoms with Gasteiger partial charge in [0.25, 0.3) is 5.91 Å². The van der Waals surface area contributed by atoms with Crippen molar-refractivity contribution in [1.82, 2.24) is 30.0 Å².